The van der Waals surface area contributed by atoms with E-state index in [9.17, 15) is 14.3 Å². The molecule has 0 saturated carbocycles. The molecule has 2 aromatic heterocycles. The van der Waals surface area contributed by atoms with Crippen LogP contribution in [0.1, 0.15) is 40.6 Å². The standard InChI is InChI=1S/C26H24FN3O3S/c27-19-11-9-18(10-12-19)25-24(29-23(15-31)34-25)26(32)30-13-5-4-8-20(30)14-22-28-21(16-33-22)17-6-2-1-3-7-17/h1-3,6-7,9-12,16,20,31H,4-5,8,13-15H2. The summed E-state index contributed by atoms with van der Waals surface area (Å²) in [5, 5.41) is 10.1. The number of piperidine rings is 1. The molecule has 8 heteroatoms. The van der Waals surface area contributed by atoms with Gasteiger partial charge in [-0.05, 0) is 37.0 Å². The molecule has 1 aliphatic heterocycles. The van der Waals surface area contributed by atoms with Gasteiger partial charge in [-0.3, -0.25) is 4.79 Å². The minimum atomic E-state index is -0.347. The van der Waals surface area contributed by atoms with Gasteiger partial charge in [-0.25, -0.2) is 14.4 Å². The van der Waals surface area contributed by atoms with Crippen molar-refractivity contribution in [1.82, 2.24) is 14.9 Å². The maximum absolute atomic E-state index is 13.7. The van der Waals surface area contributed by atoms with Crippen molar-refractivity contribution in [3.05, 3.63) is 83.3 Å². The van der Waals surface area contributed by atoms with Gasteiger partial charge in [-0.2, -0.15) is 0 Å². The van der Waals surface area contributed by atoms with Crippen LogP contribution in [0.15, 0.2) is 65.3 Å². The molecule has 1 atom stereocenters. The number of halogens is 1. The molecule has 1 fully saturated rings. The third-order valence-corrected chi connectivity index (χ3v) is 7.12. The van der Waals surface area contributed by atoms with Crippen molar-refractivity contribution < 1.29 is 18.7 Å². The van der Waals surface area contributed by atoms with Crippen LogP contribution >= 0.6 is 11.3 Å². The van der Waals surface area contributed by atoms with Gasteiger partial charge >= 0.3 is 0 Å². The van der Waals surface area contributed by atoms with Gasteiger partial charge in [0.25, 0.3) is 5.91 Å². The third-order valence-electron chi connectivity index (χ3n) is 6.04. The molecule has 34 heavy (non-hydrogen) atoms. The quantitative estimate of drug-likeness (QED) is 0.406. The summed E-state index contributed by atoms with van der Waals surface area (Å²) in [6.07, 6.45) is 4.94. The maximum atomic E-state index is 13.7. The van der Waals surface area contributed by atoms with Crippen LogP contribution in [0.5, 0.6) is 0 Å². The van der Waals surface area contributed by atoms with E-state index in [0.717, 1.165) is 30.5 Å². The van der Waals surface area contributed by atoms with Crippen LogP contribution in [0, 0.1) is 5.82 Å². The Morgan fingerprint density at radius 1 is 1.09 bits per heavy atom. The van der Waals surface area contributed by atoms with Gasteiger partial charge in [0.15, 0.2) is 5.89 Å². The van der Waals surface area contributed by atoms with Gasteiger partial charge in [0.2, 0.25) is 0 Å². The monoisotopic (exact) mass is 477 g/mol. The predicted molar refractivity (Wildman–Crippen MR) is 128 cm³/mol. The van der Waals surface area contributed by atoms with Crippen molar-refractivity contribution in [2.45, 2.75) is 38.3 Å². The van der Waals surface area contributed by atoms with Crippen molar-refractivity contribution in [2.24, 2.45) is 0 Å². The van der Waals surface area contributed by atoms with Gasteiger partial charge in [0.05, 0.1) is 11.5 Å². The van der Waals surface area contributed by atoms with Crippen molar-refractivity contribution in [3.8, 4) is 21.7 Å². The summed E-state index contributed by atoms with van der Waals surface area (Å²) in [4.78, 5) is 25.2. The number of aliphatic hydroxyl groups excluding tert-OH is 1. The first-order valence-electron chi connectivity index (χ1n) is 11.3. The molecule has 1 saturated heterocycles. The smallest absolute Gasteiger partial charge is 0.274 e. The molecule has 1 aliphatic rings. The topological polar surface area (TPSA) is 79.5 Å². The van der Waals surface area contributed by atoms with Crippen molar-refractivity contribution in [2.75, 3.05) is 6.54 Å². The van der Waals surface area contributed by atoms with Crippen LogP contribution in [-0.4, -0.2) is 38.5 Å². The predicted octanol–water partition coefficient (Wildman–Crippen LogP) is 5.33. The lowest BCUT2D eigenvalue weighted by atomic mass is 9.98. The number of aromatic nitrogens is 2. The molecular weight excluding hydrogens is 453 g/mol. The molecule has 3 heterocycles. The molecule has 1 N–H and O–H groups in total. The summed E-state index contributed by atoms with van der Waals surface area (Å²) >= 11 is 1.26. The largest absolute Gasteiger partial charge is 0.448 e. The van der Waals surface area contributed by atoms with E-state index in [1.54, 1.807) is 18.4 Å². The summed E-state index contributed by atoms with van der Waals surface area (Å²) in [5.41, 5.74) is 2.76. The van der Waals surface area contributed by atoms with E-state index in [0.29, 0.717) is 40.0 Å². The van der Waals surface area contributed by atoms with Crippen molar-refractivity contribution in [1.29, 1.82) is 0 Å². The zero-order valence-electron chi connectivity index (χ0n) is 18.5. The molecule has 0 spiro atoms. The fourth-order valence-corrected chi connectivity index (χ4v) is 5.26. The average molecular weight is 478 g/mol. The number of likely N-dealkylation sites (tertiary alicyclic amines) is 1. The van der Waals surface area contributed by atoms with Crippen LogP contribution in [-0.2, 0) is 13.0 Å². The van der Waals surface area contributed by atoms with Crippen LogP contribution in [0.25, 0.3) is 21.7 Å². The molecule has 0 bridgehead atoms. The lowest BCUT2D eigenvalue weighted by molar-refractivity contribution is 0.0600. The molecular formula is C26H24FN3O3S. The Kier molecular flexibility index (Phi) is 6.51. The van der Waals surface area contributed by atoms with Gasteiger partial charge in [-0.1, -0.05) is 42.5 Å². The first-order chi connectivity index (χ1) is 16.6. The van der Waals surface area contributed by atoms with E-state index in [-0.39, 0.29) is 24.4 Å². The summed E-state index contributed by atoms with van der Waals surface area (Å²) in [6, 6.07) is 15.7. The van der Waals surface area contributed by atoms with Gasteiger partial charge < -0.3 is 14.4 Å². The second-order valence-electron chi connectivity index (χ2n) is 8.30. The van der Waals surface area contributed by atoms with E-state index in [4.69, 9.17) is 4.42 Å². The molecule has 0 radical (unpaired) electrons. The first kappa shape index (κ1) is 22.4. The molecule has 5 rings (SSSR count). The van der Waals surface area contributed by atoms with E-state index in [1.807, 2.05) is 35.2 Å². The van der Waals surface area contributed by atoms with E-state index >= 15 is 0 Å². The summed E-state index contributed by atoms with van der Waals surface area (Å²) in [5.74, 6) is 0.0619. The number of hydrogen-bond donors (Lipinski definition) is 1. The SMILES string of the molecule is O=C(c1nc(CO)sc1-c1ccc(F)cc1)N1CCCCC1Cc1nc(-c2ccccc2)co1. The highest BCUT2D eigenvalue weighted by Crippen LogP contribution is 2.33. The minimum absolute atomic E-state index is 0.0659. The third kappa shape index (κ3) is 4.64. The molecule has 0 aliphatic carbocycles. The number of benzene rings is 2. The second kappa shape index (κ2) is 9.87. The minimum Gasteiger partial charge on any atom is -0.448 e. The Hall–Kier alpha value is -3.36. The van der Waals surface area contributed by atoms with Crippen LogP contribution in [0.3, 0.4) is 0 Å². The van der Waals surface area contributed by atoms with Gasteiger partial charge in [-0.15, -0.1) is 11.3 Å². The number of thiazole rings is 1. The number of oxazole rings is 1. The summed E-state index contributed by atoms with van der Waals surface area (Å²) < 4.78 is 19.2. The Labute approximate surface area is 200 Å². The Morgan fingerprint density at radius 3 is 2.65 bits per heavy atom. The number of nitrogens with zero attached hydrogens (tertiary/aromatic N) is 3. The maximum Gasteiger partial charge on any atom is 0.274 e. The first-order valence-corrected chi connectivity index (χ1v) is 12.1. The molecule has 1 amide bonds. The number of carbonyl (C=O) groups excluding carboxylic acids is 1. The Balaban J connectivity index is 1.40. The molecule has 2 aromatic carbocycles. The summed E-state index contributed by atoms with van der Waals surface area (Å²) in [6.45, 7) is 0.360. The summed E-state index contributed by atoms with van der Waals surface area (Å²) in [7, 11) is 0. The Bertz CT molecular complexity index is 1270. The zero-order valence-corrected chi connectivity index (χ0v) is 19.3. The fraction of sp³-hybridized carbons (Fsp3) is 0.269. The molecule has 6 nitrogen and oxygen atoms in total. The Morgan fingerprint density at radius 2 is 1.88 bits per heavy atom. The number of carbonyl (C=O) groups is 1. The average Bonchev–Trinajstić information content (AvgIpc) is 3.52. The van der Waals surface area contributed by atoms with E-state index in [2.05, 4.69) is 9.97 Å². The number of aliphatic hydroxyl groups is 1. The van der Waals surface area contributed by atoms with Gasteiger partial charge in [0, 0.05) is 24.6 Å². The number of amides is 1. The van der Waals surface area contributed by atoms with Crippen molar-refractivity contribution >= 4 is 17.2 Å². The van der Waals surface area contributed by atoms with Crippen LogP contribution in [0.4, 0.5) is 4.39 Å². The van der Waals surface area contributed by atoms with E-state index in [1.165, 1.54) is 23.5 Å². The highest BCUT2D eigenvalue weighted by Gasteiger charge is 2.32. The highest BCUT2D eigenvalue weighted by atomic mass is 32.1. The fourth-order valence-electron chi connectivity index (χ4n) is 4.34. The zero-order chi connectivity index (χ0) is 23.5. The van der Waals surface area contributed by atoms with Crippen LogP contribution < -0.4 is 0 Å². The molecule has 174 valence electrons. The lowest BCUT2D eigenvalue weighted by Crippen LogP contribution is -2.45. The number of rotatable bonds is 6. The lowest BCUT2D eigenvalue weighted by Gasteiger charge is -2.35. The second-order valence-corrected chi connectivity index (χ2v) is 9.38. The molecule has 4 aromatic rings. The van der Waals surface area contributed by atoms with Crippen LogP contribution in [0.2, 0.25) is 0 Å². The van der Waals surface area contributed by atoms with Crippen molar-refractivity contribution in [3.63, 3.8) is 0 Å². The van der Waals surface area contributed by atoms with E-state index < -0.39 is 0 Å². The molecule has 1 unspecified atom stereocenters. The van der Waals surface area contributed by atoms with Gasteiger partial charge in [0.1, 0.15) is 28.5 Å². The normalized spacial score (nSPS) is 16.1. The highest BCUT2D eigenvalue weighted by molar-refractivity contribution is 7.15. The number of hydrogen-bond acceptors (Lipinski definition) is 6.